The molecule has 1 rings (SSSR count). The first-order valence-corrected chi connectivity index (χ1v) is 13.3. The second kappa shape index (κ2) is 16.1. The van der Waals surface area contributed by atoms with Crippen LogP contribution in [0, 0.1) is 6.92 Å². The van der Waals surface area contributed by atoms with Crippen LogP contribution in [0.2, 0.25) is 0 Å². The number of amides is 3. The molecule has 3 N–H and O–H groups in total. The summed E-state index contributed by atoms with van der Waals surface area (Å²) >= 11 is 0. The largest absolute Gasteiger partial charge is 0.507 e. The van der Waals surface area contributed by atoms with Crippen molar-refractivity contribution < 1.29 is 24.2 Å². The first-order chi connectivity index (χ1) is 17.0. The summed E-state index contributed by atoms with van der Waals surface area (Å²) in [6.45, 7) is 11.7. The quantitative estimate of drug-likeness (QED) is 0.278. The number of hydrogen-bond donors (Lipinski definition) is 3. The van der Waals surface area contributed by atoms with E-state index in [9.17, 15) is 19.5 Å². The molecule has 0 saturated heterocycles. The molecule has 0 aromatic heterocycles. The van der Waals surface area contributed by atoms with Crippen molar-refractivity contribution in [1.82, 2.24) is 15.5 Å². The molecule has 36 heavy (non-hydrogen) atoms. The summed E-state index contributed by atoms with van der Waals surface area (Å²) < 4.78 is 5.26. The molecular weight excluding hydrogens is 458 g/mol. The molecule has 1 atom stereocenters. The van der Waals surface area contributed by atoms with Gasteiger partial charge in [-0.2, -0.15) is 0 Å². The van der Waals surface area contributed by atoms with E-state index < -0.39 is 23.6 Å². The van der Waals surface area contributed by atoms with Crippen molar-refractivity contribution in [2.24, 2.45) is 0 Å². The second-order valence-electron chi connectivity index (χ2n) is 10.3. The monoisotopic (exact) mass is 505 g/mol. The first kappa shape index (κ1) is 31.3. The standard InChI is InChI=1S/C28H47N3O5/c1-7-9-11-12-14-19-31(23(32)20-30-27(35)36-28(4,5)6)24(26(34)29-18-13-10-8-2)22-17-15-16-21(3)25(22)33/h15-17,24,33H,7-14,18-20H2,1-6H3,(H,29,34)(H,30,35). The lowest BCUT2D eigenvalue weighted by Crippen LogP contribution is -2.48. The third-order valence-electron chi connectivity index (χ3n) is 5.81. The van der Waals surface area contributed by atoms with Gasteiger partial charge in [0.1, 0.15) is 23.9 Å². The number of nitrogens with one attached hydrogen (secondary N) is 2. The van der Waals surface area contributed by atoms with Gasteiger partial charge in [-0.15, -0.1) is 0 Å². The van der Waals surface area contributed by atoms with Crippen LogP contribution in [0.25, 0.3) is 0 Å². The molecule has 3 amide bonds. The minimum atomic E-state index is -1.01. The van der Waals surface area contributed by atoms with E-state index >= 15 is 0 Å². The van der Waals surface area contributed by atoms with Gasteiger partial charge in [0.2, 0.25) is 11.8 Å². The van der Waals surface area contributed by atoms with Gasteiger partial charge in [0, 0.05) is 18.7 Å². The van der Waals surface area contributed by atoms with Crippen molar-refractivity contribution in [1.29, 1.82) is 0 Å². The van der Waals surface area contributed by atoms with Gasteiger partial charge in [-0.05, 0) is 46.1 Å². The lowest BCUT2D eigenvalue weighted by Gasteiger charge is -2.32. The highest BCUT2D eigenvalue weighted by atomic mass is 16.6. The minimum Gasteiger partial charge on any atom is -0.507 e. The average Bonchev–Trinajstić information content (AvgIpc) is 2.80. The summed E-state index contributed by atoms with van der Waals surface area (Å²) in [6, 6.07) is 4.20. The smallest absolute Gasteiger partial charge is 0.408 e. The molecule has 8 nitrogen and oxygen atoms in total. The van der Waals surface area contributed by atoms with Gasteiger partial charge < -0.3 is 25.4 Å². The summed E-state index contributed by atoms with van der Waals surface area (Å²) in [7, 11) is 0. The number of aromatic hydroxyl groups is 1. The van der Waals surface area contributed by atoms with Gasteiger partial charge in [0.25, 0.3) is 0 Å². The van der Waals surface area contributed by atoms with Crippen LogP contribution in [0.5, 0.6) is 5.75 Å². The van der Waals surface area contributed by atoms with Gasteiger partial charge in [-0.1, -0.05) is 70.6 Å². The van der Waals surface area contributed by atoms with E-state index in [1.54, 1.807) is 45.9 Å². The summed E-state index contributed by atoms with van der Waals surface area (Å²) in [6.07, 6.45) is 7.02. The fourth-order valence-electron chi connectivity index (χ4n) is 3.88. The predicted octanol–water partition coefficient (Wildman–Crippen LogP) is 5.37. The molecule has 0 aliphatic heterocycles. The van der Waals surface area contributed by atoms with Crippen LogP contribution in [0.3, 0.4) is 0 Å². The minimum absolute atomic E-state index is 0.00454. The first-order valence-electron chi connectivity index (χ1n) is 13.3. The molecule has 204 valence electrons. The van der Waals surface area contributed by atoms with Crippen molar-refractivity contribution in [2.45, 2.75) is 105 Å². The Morgan fingerprint density at radius 3 is 2.25 bits per heavy atom. The number of ether oxygens (including phenoxy) is 1. The van der Waals surface area contributed by atoms with Gasteiger partial charge in [0.05, 0.1) is 0 Å². The molecule has 0 heterocycles. The van der Waals surface area contributed by atoms with Gasteiger partial charge in [0.15, 0.2) is 0 Å². The van der Waals surface area contributed by atoms with E-state index in [2.05, 4.69) is 24.5 Å². The number of benzene rings is 1. The number of carbonyl (C=O) groups is 3. The van der Waals surface area contributed by atoms with E-state index in [1.165, 1.54) is 4.90 Å². The summed E-state index contributed by atoms with van der Waals surface area (Å²) in [5.41, 5.74) is 0.307. The maximum atomic E-state index is 13.4. The van der Waals surface area contributed by atoms with Gasteiger partial charge in [-0.3, -0.25) is 9.59 Å². The lowest BCUT2D eigenvalue weighted by molar-refractivity contribution is -0.140. The van der Waals surface area contributed by atoms with E-state index in [0.717, 1.165) is 44.9 Å². The number of phenols is 1. The van der Waals surface area contributed by atoms with Crippen molar-refractivity contribution in [3.05, 3.63) is 29.3 Å². The van der Waals surface area contributed by atoms with Crippen LogP contribution in [0.4, 0.5) is 4.79 Å². The van der Waals surface area contributed by atoms with Gasteiger partial charge >= 0.3 is 6.09 Å². The third-order valence-corrected chi connectivity index (χ3v) is 5.81. The Balaban J connectivity index is 3.21. The van der Waals surface area contributed by atoms with Crippen LogP contribution >= 0.6 is 0 Å². The number of carbonyl (C=O) groups excluding carboxylic acids is 3. The predicted molar refractivity (Wildman–Crippen MR) is 143 cm³/mol. The van der Waals surface area contributed by atoms with Crippen molar-refractivity contribution in [3.63, 3.8) is 0 Å². The topological polar surface area (TPSA) is 108 Å². The molecule has 0 bridgehead atoms. The molecule has 1 aromatic rings. The van der Waals surface area contributed by atoms with Crippen LogP contribution in [0.1, 0.15) is 103 Å². The zero-order valence-electron chi connectivity index (χ0n) is 23.1. The lowest BCUT2D eigenvalue weighted by atomic mass is 9.99. The number of rotatable bonds is 15. The Hall–Kier alpha value is -2.77. The van der Waals surface area contributed by atoms with Crippen LogP contribution in [0.15, 0.2) is 18.2 Å². The molecule has 8 heteroatoms. The van der Waals surface area contributed by atoms with Crippen molar-refractivity contribution in [3.8, 4) is 5.75 Å². The van der Waals surface area contributed by atoms with E-state index in [0.29, 0.717) is 30.6 Å². The number of hydrogen-bond acceptors (Lipinski definition) is 5. The van der Waals surface area contributed by atoms with E-state index in [4.69, 9.17) is 4.74 Å². The molecule has 0 saturated carbocycles. The molecule has 0 aliphatic carbocycles. The number of para-hydroxylation sites is 1. The molecular formula is C28H47N3O5. The highest BCUT2D eigenvalue weighted by molar-refractivity contribution is 5.91. The number of nitrogens with zero attached hydrogens (tertiary/aromatic N) is 1. The molecule has 0 aliphatic rings. The molecule has 1 aromatic carbocycles. The summed E-state index contributed by atoms with van der Waals surface area (Å²) in [5.74, 6) is -0.757. The fraction of sp³-hybridized carbons (Fsp3) is 0.679. The van der Waals surface area contributed by atoms with Crippen LogP contribution < -0.4 is 10.6 Å². The number of aryl methyl sites for hydroxylation is 1. The molecule has 1 unspecified atom stereocenters. The zero-order valence-corrected chi connectivity index (χ0v) is 23.1. The zero-order chi connectivity index (χ0) is 27.1. The molecule has 0 fully saturated rings. The molecule has 0 radical (unpaired) electrons. The Morgan fingerprint density at radius 2 is 1.61 bits per heavy atom. The number of unbranched alkanes of at least 4 members (excludes halogenated alkanes) is 6. The fourth-order valence-corrected chi connectivity index (χ4v) is 3.88. The summed E-state index contributed by atoms with van der Waals surface area (Å²) in [4.78, 5) is 40.5. The van der Waals surface area contributed by atoms with E-state index in [1.807, 2.05) is 0 Å². The Bertz CT molecular complexity index is 835. The average molecular weight is 506 g/mol. The van der Waals surface area contributed by atoms with Crippen LogP contribution in [-0.2, 0) is 14.3 Å². The maximum Gasteiger partial charge on any atom is 0.408 e. The highest BCUT2D eigenvalue weighted by Crippen LogP contribution is 2.32. The Kier molecular flexibility index (Phi) is 14.0. The second-order valence-corrected chi connectivity index (χ2v) is 10.3. The van der Waals surface area contributed by atoms with Crippen molar-refractivity contribution in [2.75, 3.05) is 19.6 Å². The Morgan fingerprint density at radius 1 is 0.972 bits per heavy atom. The van der Waals surface area contributed by atoms with Crippen molar-refractivity contribution >= 4 is 17.9 Å². The normalized spacial score (nSPS) is 12.1. The Labute approximate surface area is 217 Å². The SMILES string of the molecule is CCCCCCCN(C(=O)CNC(=O)OC(C)(C)C)C(C(=O)NCCCCC)c1cccc(C)c1O. The van der Waals surface area contributed by atoms with E-state index in [-0.39, 0.29) is 18.2 Å². The molecule has 0 spiro atoms. The maximum absolute atomic E-state index is 13.4. The van der Waals surface area contributed by atoms with Crippen LogP contribution in [-0.4, -0.2) is 53.1 Å². The number of phenolic OH excluding ortho intramolecular Hbond substituents is 1. The summed E-state index contributed by atoms with van der Waals surface area (Å²) in [5, 5.41) is 16.3. The third kappa shape index (κ3) is 11.3. The highest BCUT2D eigenvalue weighted by Gasteiger charge is 2.33. The van der Waals surface area contributed by atoms with Gasteiger partial charge in [-0.25, -0.2) is 4.79 Å². The number of alkyl carbamates (subject to hydrolysis) is 1.